The first-order valence-electron chi connectivity index (χ1n) is 5.58. The molecule has 2 nitrogen and oxygen atoms in total. The van der Waals surface area contributed by atoms with E-state index in [1.54, 1.807) is 0 Å². The predicted molar refractivity (Wildman–Crippen MR) is 60.3 cm³/mol. The lowest BCUT2D eigenvalue weighted by molar-refractivity contribution is -0.0935. The molecule has 0 amide bonds. The summed E-state index contributed by atoms with van der Waals surface area (Å²) >= 11 is 0. The molecule has 0 aliphatic rings. The first-order chi connectivity index (χ1) is 6.29. The number of aliphatic hydroxyl groups is 1. The van der Waals surface area contributed by atoms with Crippen molar-refractivity contribution in [2.45, 2.75) is 60.2 Å². The zero-order chi connectivity index (χ0) is 11.4. The first kappa shape index (κ1) is 13.9. The van der Waals surface area contributed by atoms with Crippen molar-refractivity contribution in [3.8, 4) is 0 Å². The summed E-state index contributed by atoms with van der Waals surface area (Å²) in [5, 5.41) is 10.0. The van der Waals surface area contributed by atoms with E-state index in [0.717, 1.165) is 6.42 Å². The summed E-state index contributed by atoms with van der Waals surface area (Å²) in [7, 11) is 0. The Morgan fingerprint density at radius 2 is 1.71 bits per heavy atom. The van der Waals surface area contributed by atoms with E-state index in [1.165, 1.54) is 0 Å². The van der Waals surface area contributed by atoms with Crippen molar-refractivity contribution in [3.05, 3.63) is 0 Å². The van der Waals surface area contributed by atoms with Gasteiger partial charge in [-0.2, -0.15) is 0 Å². The molecule has 0 aliphatic heterocycles. The fourth-order valence-electron chi connectivity index (χ4n) is 1.72. The minimum atomic E-state index is -0.352. The van der Waals surface area contributed by atoms with Gasteiger partial charge in [0.25, 0.3) is 0 Å². The van der Waals surface area contributed by atoms with E-state index < -0.39 is 0 Å². The van der Waals surface area contributed by atoms with Crippen molar-refractivity contribution in [2.75, 3.05) is 6.61 Å². The van der Waals surface area contributed by atoms with Gasteiger partial charge in [0.1, 0.15) is 0 Å². The average molecular weight is 202 g/mol. The molecule has 2 heteroatoms. The molecule has 14 heavy (non-hydrogen) atoms. The summed E-state index contributed by atoms with van der Waals surface area (Å²) in [6.45, 7) is 13.2. The van der Waals surface area contributed by atoms with Crippen LogP contribution in [-0.2, 0) is 4.74 Å². The molecule has 0 heterocycles. The predicted octanol–water partition coefficient (Wildman–Crippen LogP) is 2.84. The molecule has 86 valence electrons. The third kappa shape index (κ3) is 4.97. The maximum Gasteiger partial charge on any atom is 0.0881 e. The topological polar surface area (TPSA) is 29.5 Å². The molecule has 0 fully saturated rings. The molecule has 0 saturated heterocycles. The Kier molecular flexibility index (Phi) is 5.68. The third-order valence-electron chi connectivity index (χ3n) is 2.26. The molecule has 0 saturated carbocycles. The Labute approximate surface area is 88.7 Å². The van der Waals surface area contributed by atoms with Gasteiger partial charge in [0.05, 0.1) is 12.2 Å². The maximum atomic E-state index is 10.0. The highest BCUT2D eigenvalue weighted by Gasteiger charge is 2.31. The number of hydrogen-bond donors (Lipinski definition) is 1. The molecule has 2 atom stereocenters. The number of hydrogen-bond acceptors (Lipinski definition) is 2. The molecule has 0 aromatic carbocycles. The van der Waals surface area contributed by atoms with E-state index >= 15 is 0 Å². The van der Waals surface area contributed by atoms with E-state index in [-0.39, 0.29) is 17.6 Å². The van der Waals surface area contributed by atoms with Gasteiger partial charge in [-0.05, 0) is 24.7 Å². The van der Waals surface area contributed by atoms with E-state index in [0.29, 0.717) is 12.5 Å². The SMILES string of the molecule is CCOC(C(O)CC(C)C)C(C)(C)C. The lowest BCUT2D eigenvalue weighted by Gasteiger charge is -2.34. The standard InChI is InChI=1S/C12H26O2/c1-7-14-11(12(4,5)6)10(13)8-9(2)3/h9-11,13H,7-8H2,1-6H3. The van der Waals surface area contributed by atoms with Crippen LogP contribution in [-0.4, -0.2) is 23.9 Å². The van der Waals surface area contributed by atoms with Gasteiger partial charge >= 0.3 is 0 Å². The molecule has 0 aliphatic carbocycles. The van der Waals surface area contributed by atoms with Gasteiger partial charge in [0.15, 0.2) is 0 Å². The van der Waals surface area contributed by atoms with Crippen LogP contribution in [0.25, 0.3) is 0 Å². The second-order valence-corrected chi connectivity index (χ2v) is 5.44. The third-order valence-corrected chi connectivity index (χ3v) is 2.26. The molecular weight excluding hydrogens is 176 g/mol. The monoisotopic (exact) mass is 202 g/mol. The molecule has 0 aromatic rings. The summed E-state index contributed by atoms with van der Waals surface area (Å²) in [5.74, 6) is 0.510. The molecule has 0 radical (unpaired) electrons. The maximum absolute atomic E-state index is 10.0. The number of rotatable bonds is 5. The minimum absolute atomic E-state index is 0.00428. The van der Waals surface area contributed by atoms with Crippen molar-refractivity contribution >= 4 is 0 Å². The van der Waals surface area contributed by atoms with Crippen LogP contribution in [0.3, 0.4) is 0 Å². The van der Waals surface area contributed by atoms with Crippen LogP contribution in [0.2, 0.25) is 0 Å². The van der Waals surface area contributed by atoms with E-state index in [2.05, 4.69) is 34.6 Å². The van der Waals surface area contributed by atoms with Crippen molar-refractivity contribution < 1.29 is 9.84 Å². The van der Waals surface area contributed by atoms with E-state index in [9.17, 15) is 5.11 Å². The van der Waals surface area contributed by atoms with Gasteiger partial charge in [-0.3, -0.25) is 0 Å². The van der Waals surface area contributed by atoms with Crippen molar-refractivity contribution in [2.24, 2.45) is 11.3 Å². The van der Waals surface area contributed by atoms with Crippen LogP contribution in [0.4, 0.5) is 0 Å². The number of ether oxygens (including phenoxy) is 1. The van der Waals surface area contributed by atoms with Crippen molar-refractivity contribution in [1.29, 1.82) is 0 Å². The number of aliphatic hydroxyl groups excluding tert-OH is 1. The van der Waals surface area contributed by atoms with Crippen LogP contribution in [0.5, 0.6) is 0 Å². The molecule has 0 spiro atoms. The molecular formula is C12H26O2. The lowest BCUT2D eigenvalue weighted by atomic mass is 9.83. The highest BCUT2D eigenvalue weighted by molar-refractivity contribution is 4.81. The fraction of sp³-hybridized carbons (Fsp3) is 1.00. The molecule has 2 unspecified atom stereocenters. The van der Waals surface area contributed by atoms with Crippen LogP contribution in [0.15, 0.2) is 0 Å². The van der Waals surface area contributed by atoms with E-state index in [1.807, 2.05) is 6.92 Å². The van der Waals surface area contributed by atoms with Gasteiger partial charge < -0.3 is 9.84 Å². The Bertz CT molecular complexity index is 147. The molecule has 0 aromatic heterocycles. The molecule has 1 N–H and O–H groups in total. The zero-order valence-electron chi connectivity index (χ0n) is 10.5. The molecule has 0 bridgehead atoms. The van der Waals surface area contributed by atoms with Gasteiger partial charge in [-0.1, -0.05) is 34.6 Å². The summed E-state index contributed by atoms with van der Waals surface area (Å²) < 4.78 is 5.62. The van der Waals surface area contributed by atoms with Crippen LogP contribution in [0.1, 0.15) is 48.0 Å². The highest BCUT2D eigenvalue weighted by atomic mass is 16.5. The van der Waals surface area contributed by atoms with Gasteiger partial charge in [-0.25, -0.2) is 0 Å². The van der Waals surface area contributed by atoms with E-state index in [4.69, 9.17) is 4.74 Å². The normalized spacial score (nSPS) is 17.1. The van der Waals surface area contributed by atoms with Crippen LogP contribution in [0, 0.1) is 11.3 Å². The quantitative estimate of drug-likeness (QED) is 0.743. The zero-order valence-corrected chi connectivity index (χ0v) is 10.5. The van der Waals surface area contributed by atoms with Crippen LogP contribution < -0.4 is 0 Å². The first-order valence-corrected chi connectivity index (χ1v) is 5.58. The Morgan fingerprint density at radius 1 is 1.21 bits per heavy atom. The Balaban J connectivity index is 4.33. The summed E-state index contributed by atoms with van der Waals surface area (Å²) in [6, 6.07) is 0. The summed E-state index contributed by atoms with van der Waals surface area (Å²) in [4.78, 5) is 0. The average Bonchev–Trinajstić information content (AvgIpc) is 1.96. The van der Waals surface area contributed by atoms with Crippen molar-refractivity contribution in [1.82, 2.24) is 0 Å². The summed E-state index contributed by atoms with van der Waals surface area (Å²) in [6.07, 6.45) is 0.395. The van der Waals surface area contributed by atoms with Gasteiger partial charge in [-0.15, -0.1) is 0 Å². The second-order valence-electron chi connectivity index (χ2n) is 5.44. The second kappa shape index (κ2) is 5.72. The largest absolute Gasteiger partial charge is 0.390 e. The summed E-state index contributed by atoms with van der Waals surface area (Å²) in [5.41, 5.74) is 0.00428. The van der Waals surface area contributed by atoms with Crippen LogP contribution >= 0.6 is 0 Å². The van der Waals surface area contributed by atoms with Crippen molar-refractivity contribution in [3.63, 3.8) is 0 Å². The highest BCUT2D eigenvalue weighted by Crippen LogP contribution is 2.27. The van der Waals surface area contributed by atoms with Gasteiger partial charge in [0, 0.05) is 6.61 Å². The molecule has 0 rings (SSSR count). The Hall–Kier alpha value is -0.0800. The smallest absolute Gasteiger partial charge is 0.0881 e. The van der Waals surface area contributed by atoms with Gasteiger partial charge in [0.2, 0.25) is 0 Å². The Morgan fingerprint density at radius 3 is 2.00 bits per heavy atom. The fourth-order valence-corrected chi connectivity index (χ4v) is 1.72. The lowest BCUT2D eigenvalue weighted by Crippen LogP contribution is -2.40. The minimum Gasteiger partial charge on any atom is -0.390 e.